The number of carbonyl (C=O) groups is 2. The minimum Gasteiger partial charge on any atom is -0.483 e. The van der Waals surface area contributed by atoms with Gasteiger partial charge in [0.25, 0.3) is 5.91 Å². The molecule has 0 aliphatic heterocycles. The monoisotopic (exact) mass is 327 g/mol. The summed E-state index contributed by atoms with van der Waals surface area (Å²) in [7, 11) is 0. The van der Waals surface area contributed by atoms with Crippen LogP contribution in [0.3, 0.4) is 0 Å². The lowest BCUT2D eigenvalue weighted by atomic mass is 10.1. The highest BCUT2D eigenvalue weighted by Gasteiger charge is 2.11. The molecule has 1 atom stereocenters. The highest BCUT2D eigenvalue weighted by atomic mass is 16.5. The molecule has 1 unspecified atom stereocenters. The molecule has 2 aromatic carbocycles. The van der Waals surface area contributed by atoms with Crippen LogP contribution in [0.4, 0.5) is 0 Å². The van der Waals surface area contributed by atoms with Crippen LogP contribution in [0.2, 0.25) is 0 Å². The van der Waals surface area contributed by atoms with Crippen molar-refractivity contribution in [2.45, 2.75) is 13.3 Å². The van der Waals surface area contributed by atoms with Gasteiger partial charge in [0.2, 0.25) is 0 Å². The van der Waals surface area contributed by atoms with Crippen molar-refractivity contribution in [3.8, 4) is 16.9 Å². The Morgan fingerprint density at radius 2 is 1.75 bits per heavy atom. The lowest BCUT2D eigenvalue weighted by Crippen LogP contribution is -2.33. The SMILES string of the molecule is CC(CNC(=O)COc1ccccc1-c1ccccc1)CC(=O)O. The minimum absolute atomic E-state index is 0.0258. The van der Waals surface area contributed by atoms with Crippen LogP contribution >= 0.6 is 0 Å². The number of carboxylic acid groups (broad SMARTS) is 1. The fraction of sp³-hybridized carbons (Fsp3) is 0.263. The normalized spacial score (nSPS) is 11.5. The molecule has 0 radical (unpaired) electrons. The van der Waals surface area contributed by atoms with E-state index in [-0.39, 0.29) is 24.9 Å². The van der Waals surface area contributed by atoms with E-state index in [0.29, 0.717) is 12.3 Å². The van der Waals surface area contributed by atoms with Crippen LogP contribution in [0.1, 0.15) is 13.3 Å². The van der Waals surface area contributed by atoms with Crippen LogP contribution in [0.25, 0.3) is 11.1 Å². The summed E-state index contributed by atoms with van der Waals surface area (Å²) >= 11 is 0. The predicted molar refractivity (Wildman–Crippen MR) is 91.8 cm³/mol. The van der Waals surface area contributed by atoms with Crippen LogP contribution in [0, 0.1) is 5.92 Å². The number of aliphatic carboxylic acids is 1. The molecule has 5 nitrogen and oxygen atoms in total. The molecule has 0 aliphatic rings. The highest BCUT2D eigenvalue weighted by molar-refractivity contribution is 5.78. The summed E-state index contributed by atoms with van der Waals surface area (Å²) in [5.41, 5.74) is 1.94. The van der Waals surface area contributed by atoms with Crippen molar-refractivity contribution in [1.29, 1.82) is 0 Å². The molecule has 0 saturated carbocycles. The van der Waals surface area contributed by atoms with Crippen molar-refractivity contribution >= 4 is 11.9 Å². The second kappa shape index (κ2) is 8.72. The average molecular weight is 327 g/mol. The van der Waals surface area contributed by atoms with E-state index in [1.807, 2.05) is 54.6 Å². The Balaban J connectivity index is 1.91. The van der Waals surface area contributed by atoms with Gasteiger partial charge in [-0.1, -0.05) is 55.5 Å². The maximum absolute atomic E-state index is 11.9. The second-order valence-corrected chi connectivity index (χ2v) is 5.66. The molecule has 24 heavy (non-hydrogen) atoms. The lowest BCUT2D eigenvalue weighted by molar-refractivity contribution is -0.138. The summed E-state index contributed by atoms with van der Waals surface area (Å²) in [5, 5.41) is 11.4. The number of hydrogen-bond donors (Lipinski definition) is 2. The van der Waals surface area contributed by atoms with Crippen LogP contribution in [-0.4, -0.2) is 30.1 Å². The van der Waals surface area contributed by atoms with Gasteiger partial charge >= 0.3 is 5.97 Å². The number of carboxylic acids is 1. The molecule has 0 aliphatic carbocycles. The Labute approximate surface area is 141 Å². The van der Waals surface area contributed by atoms with Crippen molar-refractivity contribution < 1.29 is 19.4 Å². The van der Waals surface area contributed by atoms with Gasteiger partial charge in [0.1, 0.15) is 5.75 Å². The van der Waals surface area contributed by atoms with Crippen LogP contribution in [0.15, 0.2) is 54.6 Å². The standard InChI is InChI=1S/C19H21NO4/c1-14(11-19(22)23)12-20-18(21)13-24-17-10-6-5-9-16(17)15-7-3-2-4-8-15/h2-10,14H,11-13H2,1H3,(H,20,21)(H,22,23). The zero-order chi connectivity index (χ0) is 17.4. The Hall–Kier alpha value is -2.82. The second-order valence-electron chi connectivity index (χ2n) is 5.66. The molecular weight excluding hydrogens is 306 g/mol. The van der Waals surface area contributed by atoms with Gasteiger partial charge in [0.05, 0.1) is 0 Å². The van der Waals surface area contributed by atoms with Gasteiger partial charge in [-0.3, -0.25) is 9.59 Å². The van der Waals surface area contributed by atoms with Crippen molar-refractivity contribution in [3.63, 3.8) is 0 Å². The van der Waals surface area contributed by atoms with E-state index in [1.165, 1.54) is 0 Å². The summed E-state index contributed by atoms with van der Waals surface area (Å²) in [6, 6.07) is 17.3. The Kier molecular flexibility index (Phi) is 6.37. The molecule has 5 heteroatoms. The van der Waals surface area contributed by atoms with Crippen LogP contribution in [0.5, 0.6) is 5.75 Å². The van der Waals surface area contributed by atoms with Gasteiger partial charge in [-0.05, 0) is 17.5 Å². The molecule has 2 N–H and O–H groups in total. The molecule has 0 spiro atoms. The fourth-order valence-electron chi connectivity index (χ4n) is 2.30. The molecule has 0 fully saturated rings. The quantitative estimate of drug-likeness (QED) is 0.781. The zero-order valence-corrected chi connectivity index (χ0v) is 13.6. The molecule has 126 valence electrons. The number of hydrogen-bond acceptors (Lipinski definition) is 3. The topological polar surface area (TPSA) is 75.6 Å². The number of benzene rings is 2. The third kappa shape index (κ3) is 5.43. The van der Waals surface area contributed by atoms with E-state index < -0.39 is 5.97 Å². The van der Waals surface area contributed by atoms with Crippen molar-refractivity contribution in [2.24, 2.45) is 5.92 Å². The molecule has 0 aromatic heterocycles. The number of para-hydroxylation sites is 1. The Morgan fingerprint density at radius 1 is 1.08 bits per heavy atom. The molecule has 1 amide bonds. The first-order valence-corrected chi connectivity index (χ1v) is 7.82. The maximum atomic E-state index is 11.9. The third-order valence-corrected chi connectivity index (χ3v) is 3.50. The van der Waals surface area contributed by atoms with E-state index in [0.717, 1.165) is 11.1 Å². The first kappa shape index (κ1) is 17.5. The van der Waals surface area contributed by atoms with E-state index >= 15 is 0 Å². The molecule has 2 aromatic rings. The van der Waals surface area contributed by atoms with E-state index in [9.17, 15) is 9.59 Å². The summed E-state index contributed by atoms with van der Waals surface area (Å²) < 4.78 is 5.64. The minimum atomic E-state index is -0.871. The molecular formula is C19H21NO4. The van der Waals surface area contributed by atoms with Gasteiger partial charge in [-0.2, -0.15) is 0 Å². The number of nitrogens with one attached hydrogen (secondary N) is 1. The van der Waals surface area contributed by atoms with Gasteiger partial charge in [0, 0.05) is 18.5 Å². The van der Waals surface area contributed by atoms with Crippen molar-refractivity contribution in [1.82, 2.24) is 5.32 Å². The fourth-order valence-corrected chi connectivity index (χ4v) is 2.30. The maximum Gasteiger partial charge on any atom is 0.303 e. The average Bonchev–Trinajstić information content (AvgIpc) is 2.58. The molecule has 0 heterocycles. The van der Waals surface area contributed by atoms with Gasteiger partial charge in [-0.15, -0.1) is 0 Å². The highest BCUT2D eigenvalue weighted by Crippen LogP contribution is 2.29. The van der Waals surface area contributed by atoms with Crippen molar-refractivity contribution in [2.75, 3.05) is 13.2 Å². The van der Waals surface area contributed by atoms with Crippen molar-refractivity contribution in [3.05, 3.63) is 54.6 Å². The number of rotatable bonds is 8. The molecule has 0 saturated heterocycles. The first-order valence-electron chi connectivity index (χ1n) is 7.82. The summed E-state index contributed by atoms with van der Waals surface area (Å²) in [4.78, 5) is 22.5. The number of ether oxygens (including phenoxy) is 1. The molecule has 2 rings (SSSR count). The van der Waals surface area contributed by atoms with Crippen LogP contribution in [-0.2, 0) is 9.59 Å². The number of carbonyl (C=O) groups excluding carboxylic acids is 1. The van der Waals surface area contributed by atoms with Crippen LogP contribution < -0.4 is 10.1 Å². The first-order chi connectivity index (χ1) is 11.6. The van der Waals surface area contributed by atoms with E-state index in [1.54, 1.807) is 6.92 Å². The number of amides is 1. The largest absolute Gasteiger partial charge is 0.483 e. The summed E-state index contributed by atoms with van der Waals surface area (Å²) in [6.45, 7) is 1.98. The summed E-state index contributed by atoms with van der Waals surface area (Å²) in [5.74, 6) is -0.625. The third-order valence-electron chi connectivity index (χ3n) is 3.50. The molecule has 0 bridgehead atoms. The smallest absolute Gasteiger partial charge is 0.303 e. The lowest BCUT2D eigenvalue weighted by Gasteiger charge is -2.13. The van der Waals surface area contributed by atoms with Gasteiger partial charge < -0.3 is 15.2 Å². The van der Waals surface area contributed by atoms with Gasteiger partial charge in [-0.25, -0.2) is 0 Å². The van der Waals surface area contributed by atoms with E-state index in [4.69, 9.17) is 9.84 Å². The van der Waals surface area contributed by atoms with Gasteiger partial charge in [0.15, 0.2) is 6.61 Å². The predicted octanol–water partition coefficient (Wildman–Crippen LogP) is 2.96. The zero-order valence-electron chi connectivity index (χ0n) is 13.6. The summed E-state index contributed by atoms with van der Waals surface area (Å²) in [6.07, 6.45) is 0.0258. The van der Waals surface area contributed by atoms with E-state index in [2.05, 4.69) is 5.32 Å². The Morgan fingerprint density at radius 3 is 2.46 bits per heavy atom. The Bertz CT molecular complexity index is 685.